The fourth-order valence-corrected chi connectivity index (χ4v) is 3.22. The van der Waals surface area contributed by atoms with Crippen LogP contribution in [0, 0.1) is 5.92 Å². The van der Waals surface area contributed by atoms with E-state index in [0.717, 1.165) is 25.7 Å². The van der Waals surface area contributed by atoms with Gasteiger partial charge in [-0.05, 0) is 57.7 Å². The Morgan fingerprint density at radius 1 is 1.22 bits per heavy atom. The van der Waals surface area contributed by atoms with Crippen LogP contribution in [-0.4, -0.2) is 29.3 Å². The van der Waals surface area contributed by atoms with Gasteiger partial charge in [0.15, 0.2) is 0 Å². The molecule has 1 aromatic rings. The number of alkyl carbamates (subject to hydrolysis) is 1. The van der Waals surface area contributed by atoms with E-state index in [-0.39, 0.29) is 11.8 Å². The van der Waals surface area contributed by atoms with Crippen LogP contribution in [0.15, 0.2) is 24.3 Å². The van der Waals surface area contributed by atoms with Gasteiger partial charge in [-0.2, -0.15) is 0 Å². The molecule has 27 heavy (non-hydrogen) atoms. The highest BCUT2D eigenvalue weighted by Gasteiger charge is 2.21. The van der Waals surface area contributed by atoms with E-state index in [1.807, 2.05) is 18.2 Å². The Morgan fingerprint density at radius 2 is 1.93 bits per heavy atom. The van der Waals surface area contributed by atoms with Crippen LogP contribution in [0.5, 0.6) is 0 Å². The molecular weight excluding hydrogens is 344 g/mol. The third-order valence-corrected chi connectivity index (χ3v) is 4.60. The predicted octanol–water partition coefficient (Wildman–Crippen LogP) is 4.15. The second-order valence-corrected chi connectivity index (χ2v) is 8.18. The molecular formula is C21H32N2O4. The summed E-state index contributed by atoms with van der Waals surface area (Å²) >= 11 is 0. The number of benzene rings is 1. The van der Waals surface area contributed by atoms with Crippen molar-refractivity contribution < 1.29 is 19.4 Å². The number of hydrogen-bond donors (Lipinski definition) is 3. The van der Waals surface area contributed by atoms with Crippen molar-refractivity contribution in [2.45, 2.75) is 71.0 Å². The third-order valence-electron chi connectivity index (χ3n) is 4.60. The zero-order valence-corrected chi connectivity index (χ0v) is 16.6. The van der Waals surface area contributed by atoms with Crippen LogP contribution in [0.4, 0.5) is 10.5 Å². The van der Waals surface area contributed by atoms with E-state index in [9.17, 15) is 14.7 Å². The van der Waals surface area contributed by atoms with E-state index in [1.54, 1.807) is 26.8 Å². The van der Waals surface area contributed by atoms with Gasteiger partial charge in [0, 0.05) is 18.2 Å². The van der Waals surface area contributed by atoms with Crippen LogP contribution in [0.3, 0.4) is 0 Å². The summed E-state index contributed by atoms with van der Waals surface area (Å²) in [4.78, 5) is 24.0. The molecule has 1 unspecified atom stereocenters. The Hall–Kier alpha value is -2.08. The summed E-state index contributed by atoms with van der Waals surface area (Å²) in [5.74, 6) is 0.151. The lowest BCUT2D eigenvalue weighted by Crippen LogP contribution is -2.33. The van der Waals surface area contributed by atoms with E-state index in [4.69, 9.17) is 4.74 Å². The molecule has 6 heteroatoms. The van der Waals surface area contributed by atoms with E-state index in [1.165, 1.54) is 6.42 Å². The minimum absolute atomic E-state index is 0.0629. The molecule has 0 aliphatic heterocycles. The first-order valence-corrected chi connectivity index (χ1v) is 9.80. The van der Waals surface area contributed by atoms with Crippen molar-refractivity contribution in [3.8, 4) is 0 Å². The second kappa shape index (κ2) is 9.74. The molecule has 0 heterocycles. The van der Waals surface area contributed by atoms with Gasteiger partial charge < -0.3 is 20.5 Å². The minimum Gasteiger partial charge on any atom is -0.444 e. The highest BCUT2D eigenvalue weighted by atomic mass is 16.6. The van der Waals surface area contributed by atoms with Gasteiger partial charge in [0.1, 0.15) is 5.60 Å². The number of amides is 2. The predicted molar refractivity (Wildman–Crippen MR) is 105 cm³/mol. The van der Waals surface area contributed by atoms with Crippen molar-refractivity contribution in [3.05, 3.63) is 29.8 Å². The lowest BCUT2D eigenvalue weighted by molar-refractivity contribution is -0.120. The molecule has 1 aromatic carbocycles. The minimum atomic E-state index is -0.730. The monoisotopic (exact) mass is 376 g/mol. The average molecular weight is 376 g/mol. The molecule has 150 valence electrons. The average Bonchev–Trinajstić information content (AvgIpc) is 2.61. The van der Waals surface area contributed by atoms with Gasteiger partial charge in [-0.3, -0.25) is 4.79 Å². The van der Waals surface area contributed by atoms with Crippen LogP contribution < -0.4 is 10.6 Å². The third kappa shape index (κ3) is 7.59. The number of anilines is 1. The zero-order valence-electron chi connectivity index (χ0n) is 16.6. The van der Waals surface area contributed by atoms with E-state index in [2.05, 4.69) is 10.6 Å². The number of carbonyl (C=O) groups is 2. The topological polar surface area (TPSA) is 87.7 Å². The molecule has 1 fully saturated rings. The van der Waals surface area contributed by atoms with Gasteiger partial charge in [-0.25, -0.2) is 4.79 Å². The summed E-state index contributed by atoms with van der Waals surface area (Å²) in [6.45, 7) is 5.70. The molecule has 1 saturated carbocycles. The molecule has 0 saturated heterocycles. The lowest BCUT2D eigenvalue weighted by atomic mass is 9.88. The first kappa shape index (κ1) is 21.2. The van der Waals surface area contributed by atoms with Crippen LogP contribution >= 0.6 is 0 Å². The molecule has 6 nitrogen and oxygen atoms in total. The molecule has 0 bridgehead atoms. The van der Waals surface area contributed by atoms with Crippen molar-refractivity contribution in [2.75, 3.05) is 11.9 Å². The molecule has 1 aliphatic rings. The highest BCUT2D eigenvalue weighted by Crippen LogP contribution is 2.26. The standard InChI is InChI=1S/C21H32N2O4/c1-21(2,3)27-20(26)22-13-12-18(24)16-10-7-11-17(14-16)23-19(25)15-8-5-4-6-9-15/h7,10-11,14-15,18,24H,4-6,8-9,12-13H2,1-3H3,(H,22,26)(H,23,25). The summed E-state index contributed by atoms with van der Waals surface area (Å²) in [7, 11) is 0. The molecule has 1 aliphatic carbocycles. The van der Waals surface area contributed by atoms with Crippen LogP contribution in [0.1, 0.15) is 71.0 Å². The van der Waals surface area contributed by atoms with Crippen LogP contribution in [-0.2, 0) is 9.53 Å². The smallest absolute Gasteiger partial charge is 0.407 e. The maximum atomic E-state index is 12.4. The molecule has 0 aromatic heterocycles. The lowest BCUT2D eigenvalue weighted by Gasteiger charge is -2.21. The molecule has 0 spiro atoms. The van der Waals surface area contributed by atoms with Gasteiger partial charge in [-0.15, -0.1) is 0 Å². The van der Waals surface area contributed by atoms with Gasteiger partial charge in [-0.1, -0.05) is 31.4 Å². The number of rotatable bonds is 6. The van der Waals surface area contributed by atoms with Crippen molar-refractivity contribution in [3.63, 3.8) is 0 Å². The van der Waals surface area contributed by atoms with Crippen LogP contribution in [0.25, 0.3) is 0 Å². The number of carbonyl (C=O) groups excluding carboxylic acids is 2. The summed E-state index contributed by atoms with van der Waals surface area (Å²) in [5, 5.41) is 16.0. The van der Waals surface area contributed by atoms with Gasteiger partial charge in [0.2, 0.25) is 5.91 Å². The number of aliphatic hydroxyl groups is 1. The van der Waals surface area contributed by atoms with E-state index < -0.39 is 17.8 Å². The Labute approximate surface area is 161 Å². The fourth-order valence-electron chi connectivity index (χ4n) is 3.22. The van der Waals surface area contributed by atoms with Crippen LogP contribution in [0.2, 0.25) is 0 Å². The normalized spacial score (nSPS) is 16.4. The number of hydrogen-bond acceptors (Lipinski definition) is 4. The maximum Gasteiger partial charge on any atom is 0.407 e. The van der Waals surface area contributed by atoms with E-state index in [0.29, 0.717) is 24.2 Å². The van der Waals surface area contributed by atoms with Gasteiger partial charge in [0.05, 0.1) is 6.10 Å². The van der Waals surface area contributed by atoms with Crippen molar-refractivity contribution in [1.82, 2.24) is 5.32 Å². The summed E-state index contributed by atoms with van der Waals surface area (Å²) < 4.78 is 5.17. The Bertz CT molecular complexity index is 633. The van der Waals surface area contributed by atoms with Gasteiger partial charge in [0.25, 0.3) is 0 Å². The van der Waals surface area contributed by atoms with Crippen molar-refractivity contribution >= 4 is 17.7 Å². The Kier molecular flexibility index (Phi) is 7.66. The fraction of sp³-hybridized carbons (Fsp3) is 0.619. The number of ether oxygens (including phenoxy) is 1. The number of aliphatic hydroxyl groups excluding tert-OH is 1. The number of nitrogens with one attached hydrogen (secondary N) is 2. The maximum absolute atomic E-state index is 12.4. The van der Waals surface area contributed by atoms with Crippen molar-refractivity contribution in [1.29, 1.82) is 0 Å². The second-order valence-electron chi connectivity index (χ2n) is 8.18. The molecule has 3 N–H and O–H groups in total. The summed E-state index contributed by atoms with van der Waals surface area (Å²) in [6.07, 6.45) is 4.47. The largest absolute Gasteiger partial charge is 0.444 e. The Morgan fingerprint density at radius 3 is 2.59 bits per heavy atom. The molecule has 2 amide bonds. The summed E-state index contributed by atoms with van der Waals surface area (Å²) in [6, 6.07) is 7.25. The first-order chi connectivity index (χ1) is 12.7. The molecule has 1 atom stereocenters. The zero-order chi connectivity index (χ0) is 19.9. The summed E-state index contributed by atoms with van der Waals surface area (Å²) in [5.41, 5.74) is 0.859. The van der Waals surface area contributed by atoms with Crippen molar-refractivity contribution in [2.24, 2.45) is 5.92 Å². The Balaban J connectivity index is 1.82. The molecule has 2 rings (SSSR count). The molecule has 0 radical (unpaired) electrons. The highest BCUT2D eigenvalue weighted by molar-refractivity contribution is 5.92. The quantitative estimate of drug-likeness (QED) is 0.696. The first-order valence-electron chi connectivity index (χ1n) is 9.80. The van der Waals surface area contributed by atoms with Gasteiger partial charge >= 0.3 is 6.09 Å². The van der Waals surface area contributed by atoms with E-state index >= 15 is 0 Å². The SMILES string of the molecule is CC(C)(C)OC(=O)NCCC(O)c1cccc(NC(=O)C2CCCCC2)c1.